The highest BCUT2D eigenvalue weighted by Crippen LogP contribution is 2.25. The number of hydrogen-bond donors (Lipinski definition) is 1. The molecule has 2 aromatic rings. The van der Waals surface area contributed by atoms with Gasteiger partial charge in [0, 0.05) is 6.54 Å². The fraction of sp³-hybridized carbons (Fsp3) is 0.368. The van der Waals surface area contributed by atoms with Crippen LogP contribution in [0.15, 0.2) is 48.5 Å². The SMILES string of the molecule is COc1ccccc1NCc1ccc(OC2CCCC2)cc1. The highest BCUT2D eigenvalue weighted by atomic mass is 16.5. The largest absolute Gasteiger partial charge is 0.495 e. The van der Waals surface area contributed by atoms with Crippen LogP contribution in [-0.4, -0.2) is 13.2 Å². The van der Waals surface area contributed by atoms with Crippen molar-refractivity contribution in [2.24, 2.45) is 0 Å². The average Bonchev–Trinajstić information content (AvgIpc) is 3.07. The van der Waals surface area contributed by atoms with Crippen LogP contribution in [0.25, 0.3) is 0 Å². The van der Waals surface area contributed by atoms with Crippen LogP contribution in [0.1, 0.15) is 31.2 Å². The van der Waals surface area contributed by atoms with E-state index < -0.39 is 0 Å². The van der Waals surface area contributed by atoms with Crippen LogP contribution in [0.3, 0.4) is 0 Å². The van der Waals surface area contributed by atoms with Crippen molar-refractivity contribution in [1.82, 2.24) is 0 Å². The van der Waals surface area contributed by atoms with Gasteiger partial charge in [-0.3, -0.25) is 0 Å². The van der Waals surface area contributed by atoms with E-state index >= 15 is 0 Å². The molecule has 0 aliphatic heterocycles. The molecule has 2 aromatic carbocycles. The van der Waals surface area contributed by atoms with Crippen LogP contribution in [0.5, 0.6) is 11.5 Å². The van der Waals surface area contributed by atoms with E-state index in [2.05, 4.69) is 29.6 Å². The lowest BCUT2D eigenvalue weighted by atomic mass is 10.2. The van der Waals surface area contributed by atoms with E-state index in [0.29, 0.717) is 6.10 Å². The summed E-state index contributed by atoms with van der Waals surface area (Å²) in [6.07, 6.45) is 5.39. The summed E-state index contributed by atoms with van der Waals surface area (Å²) in [5.74, 6) is 1.84. The zero-order valence-electron chi connectivity index (χ0n) is 13.0. The fourth-order valence-electron chi connectivity index (χ4n) is 2.87. The third-order valence-corrected chi connectivity index (χ3v) is 4.12. The zero-order valence-corrected chi connectivity index (χ0v) is 13.0. The third kappa shape index (κ3) is 3.73. The molecule has 0 unspecified atom stereocenters. The Morgan fingerprint density at radius 1 is 1.00 bits per heavy atom. The molecule has 22 heavy (non-hydrogen) atoms. The molecule has 0 radical (unpaired) electrons. The van der Waals surface area contributed by atoms with Gasteiger partial charge in [-0.25, -0.2) is 0 Å². The minimum atomic E-state index is 0.414. The maximum Gasteiger partial charge on any atom is 0.141 e. The molecule has 1 aliphatic carbocycles. The molecule has 1 fully saturated rings. The molecule has 1 aliphatic rings. The van der Waals surface area contributed by atoms with Gasteiger partial charge in [-0.1, -0.05) is 24.3 Å². The lowest BCUT2D eigenvalue weighted by Gasteiger charge is -2.14. The monoisotopic (exact) mass is 297 g/mol. The molecular weight excluding hydrogens is 274 g/mol. The highest BCUT2D eigenvalue weighted by Gasteiger charge is 2.16. The van der Waals surface area contributed by atoms with Gasteiger partial charge in [-0.15, -0.1) is 0 Å². The predicted octanol–water partition coefficient (Wildman–Crippen LogP) is 4.63. The van der Waals surface area contributed by atoms with Gasteiger partial charge in [0.2, 0.25) is 0 Å². The van der Waals surface area contributed by atoms with Gasteiger partial charge in [-0.2, -0.15) is 0 Å². The van der Waals surface area contributed by atoms with Crippen LogP contribution < -0.4 is 14.8 Å². The van der Waals surface area contributed by atoms with Gasteiger partial charge in [0.05, 0.1) is 18.9 Å². The molecule has 0 amide bonds. The van der Waals surface area contributed by atoms with Gasteiger partial charge in [-0.05, 0) is 55.5 Å². The molecule has 1 N–H and O–H groups in total. The second kappa shape index (κ2) is 7.21. The molecule has 0 spiro atoms. The zero-order chi connectivity index (χ0) is 15.2. The quantitative estimate of drug-likeness (QED) is 0.843. The topological polar surface area (TPSA) is 30.5 Å². The Hall–Kier alpha value is -2.16. The highest BCUT2D eigenvalue weighted by molar-refractivity contribution is 5.56. The standard InChI is InChI=1S/C19H23NO2/c1-21-19-9-5-4-8-18(19)20-14-15-10-12-17(13-11-15)22-16-6-2-3-7-16/h4-5,8-13,16,20H,2-3,6-7,14H2,1H3. The van der Waals surface area contributed by atoms with Crippen molar-refractivity contribution in [3.63, 3.8) is 0 Å². The normalized spacial score (nSPS) is 14.8. The second-order valence-electron chi connectivity index (χ2n) is 5.72. The Kier molecular flexibility index (Phi) is 4.84. The number of methoxy groups -OCH3 is 1. The van der Waals surface area contributed by atoms with Crippen molar-refractivity contribution in [3.8, 4) is 11.5 Å². The summed E-state index contributed by atoms with van der Waals surface area (Å²) < 4.78 is 11.3. The van der Waals surface area contributed by atoms with Crippen molar-refractivity contribution >= 4 is 5.69 Å². The Morgan fingerprint density at radius 3 is 2.45 bits per heavy atom. The molecule has 3 rings (SSSR count). The lowest BCUT2D eigenvalue weighted by Crippen LogP contribution is -2.10. The average molecular weight is 297 g/mol. The van der Waals surface area contributed by atoms with Crippen molar-refractivity contribution in [2.45, 2.75) is 38.3 Å². The first-order valence-electron chi connectivity index (χ1n) is 7.97. The number of para-hydroxylation sites is 2. The van der Waals surface area contributed by atoms with Crippen molar-refractivity contribution in [1.29, 1.82) is 0 Å². The Morgan fingerprint density at radius 2 is 1.73 bits per heavy atom. The van der Waals surface area contributed by atoms with E-state index in [-0.39, 0.29) is 0 Å². The lowest BCUT2D eigenvalue weighted by molar-refractivity contribution is 0.210. The Bertz CT molecular complexity index is 589. The van der Waals surface area contributed by atoms with E-state index in [0.717, 1.165) is 23.7 Å². The number of benzene rings is 2. The molecule has 0 atom stereocenters. The fourth-order valence-corrected chi connectivity index (χ4v) is 2.87. The first kappa shape index (κ1) is 14.8. The summed E-state index contributed by atoms with van der Waals surface area (Å²) >= 11 is 0. The minimum Gasteiger partial charge on any atom is -0.495 e. The number of rotatable bonds is 6. The second-order valence-corrected chi connectivity index (χ2v) is 5.72. The van der Waals surface area contributed by atoms with Crippen molar-refractivity contribution < 1.29 is 9.47 Å². The van der Waals surface area contributed by atoms with Gasteiger partial charge in [0.15, 0.2) is 0 Å². The maximum atomic E-state index is 5.99. The van der Waals surface area contributed by atoms with Crippen molar-refractivity contribution in [2.75, 3.05) is 12.4 Å². The maximum absolute atomic E-state index is 5.99. The van der Waals surface area contributed by atoms with E-state index in [4.69, 9.17) is 9.47 Å². The van der Waals surface area contributed by atoms with Crippen LogP contribution in [0, 0.1) is 0 Å². The van der Waals surface area contributed by atoms with Gasteiger partial charge >= 0.3 is 0 Å². The molecule has 0 aromatic heterocycles. The van der Waals surface area contributed by atoms with E-state index in [1.54, 1.807) is 7.11 Å². The van der Waals surface area contributed by atoms with E-state index in [1.807, 2.05) is 24.3 Å². The van der Waals surface area contributed by atoms with E-state index in [1.165, 1.54) is 31.2 Å². The molecule has 1 saturated carbocycles. The summed E-state index contributed by atoms with van der Waals surface area (Å²) in [5.41, 5.74) is 2.24. The first-order valence-corrected chi connectivity index (χ1v) is 7.97. The predicted molar refractivity (Wildman–Crippen MR) is 89.6 cm³/mol. The van der Waals surface area contributed by atoms with Crippen LogP contribution in [0.4, 0.5) is 5.69 Å². The smallest absolute Gasteiger partial charge is 0.141 e. The molecule has 3 nitrogen and oxygen atoms in total. The summed E-state index contributed by atoms with van der Waals surface area (Å²) in [6.45, 7) is 0.768. The summed E-state index contributed by atoms with van der Waals surface area (Å²) in [7, 11) is 1.69. The molecule has 0 bridgehead atoms. The van der Waals surface area contributed by atoms with Gasteiger partial charge in [0.25, 0.3) is 0 Å². The Balaban J connectivity index is 1.56. The summed E-state index contributed by atoms with van der Waals surface area (Å²) in [6, 6.07) is 16.3. The molecule has 0 saturated heterocycles. The minimum absolute atomic E-state index is 0.414. The Labute approximate surface area is 132 Å². The van der Waals surface area contributed by atoms with Crippen LogP contribution >= 0.6 is 0 Å². The number of nitrogens with one attached hydrogen (secondary N) is 1. The van der Waals surface area contributed by atoms with E-state index in [9.17, 15) is 0 Å². The molecule has 0 heterocycles. The van der Waals surface area contributed by atoms with Crippen LogP contribution in [-0.2, 0) is 6.54 Å². The third-order valence-electron chi connectivity index (χ3n) is 4.12. The molecule has 116 valence electrons. The number of hydrogen-bond acceptors (Lipinski definition) is 3. The van der Waals surface area contributed by atoms with Gasteiger partial charge in [0.1, 0.15) is 11.5 Å². The molecule has 3 heteroatoms. The van der Waals surface area contributed by atoms with Crippen LogP contribution in [0.2, 0.25) is 0 Å². The number of ether oxygens (including phenoxy) is 2. The molecular formula is C19H23NO2. The van der Waals surface area contributed by atoms with Crippen molar-refractivity contribution in [3.05, 3.63) is 54.1 Å². The summed E-state index contributed by atoms with van der Waals surface area (Å²) in [5, 5.41) is 3.41. The summed E-state index contributed by atoms with van der Waals surface area (Å²) in [4.78, 5) is 0. The first-order chi connectivity index (χ1) is 10.8. The van der Waals surface area contributed by atoms with Gasteiger partial charge < -0.3 is 14.8 Å². The number of anilines is 1.